The van der Waals surface area contributed by atoms with Crippen molar-refractivity contribution >= 4 is 0 Å². The Hall–Kier alpha value is -2.14. The second-order valence-corrected chi connectivity index (χ2v) is 3.53. The standard InChI is InChI=1S/C13H12FNO3/c1-17-10-3-2-4-11(7-10)18-13-12(14)9(8-16)5-6-15-13/h2-7,16H,8H2,1H3. The van der Waals surface area contributed by atoms with Gasteiger partial charge in [-0.15, -0.1) is 0 Å². The van der Waals surface area contributed by atoms with Gasteiger partial charge in [0.1, 0.15) is 11.5 Å². The average molecular weight is 249 g/mol. The number of hydrogen-bond acceptors (Lipinski definition) is 4. The molecular weight excluding hydrogens is 237 g/mol. The number of benzene rings is 1. The lowest BCUT2D eigenvalue weighted by atomic mass is 10.2. The van der Waals surface area contributed by atoms with Crippen molar-refractivity contribution in [2.24, 2.45) is 0 Å². The third-order valence-corrected chi connectivity index (χ3v) is 2.36. The molecule has 18 heavy (non-hydrogen) atoms. The van der Waals surface area contributed by atoms with Crippen molar-refractivity contribution in [3.8, 4) is 17.4 Å². The van der Waals surface area contributed by atoms with Gasteiger partial charge in [-0.25, -0.2) is 9.37 Å². The van der Waals surface area contributed by atoms with Crippen LogP contribution in [0.5, 0.6) is 17.4 Å². The van der Waals surface area contributed by atoms with Crippen molar-refractivity contribution in [3.63, 3.8) is 0 Å². The number of aliphatic hydroxyl groups is 1. The topological polar surface area (TPSA) is 51.6 Å². The molecule has 1 N–H and O–H groups in total. The molecule has 0 spiro atoms. The van der Waals surface area contributed by atoms with Gasteiger partial charge in [-0.1, -0.05) is 6.07 Å². The SMILES string of the molecule is COc1cccc(Oc2nccc(CO)c2F)c1. The van der Waals surface area contributed by atoms with Crippen molar-refractivity contribution in [1.29, 1.82) is 0 Å². The van der Waals surface area contributed by atoms with Gasteiger partial charge in [-0.3, -0.25) is 0 Å². The molecular formula is C13H12FNO3. The fourth-order valence-electron chi connectivity index (χ4n) is 1.43. The van der Waals surface area contributed by atoms with Gasteiger partial charge in [0.2, 0.25) is 0 Å². The van der Waals surface area contributed by atoms with Gasteiger partial charge in [0.15, 0.2) is 5.82 Å². The molecule has 94 valence electrons. The molecule has 0 atom stereocenters. The molecule has 0 amide bonds. The lowest BCUT2D eigenvalue weighted by molar-refractivity contribution is 0.273. The number of rotatable bonds is 4. The van der Waals surface area contributed by atoms with E-state index < -0.39 is 12.4 Å². The Morgan fingerprint density at radius 1 is 1.28 bits per heavy atom. The molecule has 1 aromatic heterocycles. The molecule has 0 unspecified atom stereocenters. The summed E-state index contributed by atoms with van der Waals surface area (Å²) in [6.45, 7) is -0.400. The minimum atomic E-state index is -0.664. The van der Waals surface area contributed by atoms with Gasteiger partial charge < -0.3 is 14.6 Å². The first-order valence-electron chi connectivity index (χ1n) is 5.30. The Balaban J connectivity index is 2.28. The van der Waals surface area contributed by atoms with Crippen LogP contribution >= 0.6 is 0 Å². The van der Waals surface area contributed by atoms with E-state index in [1.54, 1.807) is 24.3 Å². The minimum absolute atomic E-state index is 0.142. The Bertz CT molecular complexity index is 546. The van der Waals surface area contributed by atoms with Crippen molar-refractivity contribution in [2.75, 3.05) is 7.11 Å². The van der Waals surface area contributed by atoms with Crippen LogP contribution in [-0.4, -0.2) is 17.2 Å². The number of aromatic nitrogens is 1. The first kappa shape index (κ1) is 12.3. The highest BCUT2D eigenvalue weighted by Crippen LogP contribution is 2.26. The van der Waals surface area contributed by atoms with Crippen LogP contribution in [0.1, 0.15) is 5.56 Å². The van der Waals surface area contributed by atoms with Gasteiger partial charge in [0.25, 0.3) is 5.88 Å². The largest absolute Gasteiger partial charge is 0.497 e. The van der Waals surface area contributed by atoms with Gasteiger partial charge in [-0.05, 0) is 18.2 Å². The zero-order valence-corrected chi connectivity index (χ0v) is 9.76. The van der Waals surface area contributed by atoms with E-state index in [0.717, 1.165) is 0 Å². The second-order valence-electron chi connectivity index (χ2n) is 3.53. The van der Waals surface area contributed by atoms with E-state index in [-0.39, 0.29) is 11.4 Å². The summed E-state index contributed by atoms with van der Waals surface area (Å²) in [6, 6.07) is 8.15. The summed E-state index contributed by atoms with van der Waals surface area (Å²) in [7, 11) is 1.53. The van der Waals surface area contributed by atoms with Crippen LogP contribution in [0.15, 0.2) is 36.5 Å². The van der Waals surface area contributed by atoms with E-state index in [1.165, 1.54) is 19.4 Å². The smallest absolute Gasteiger partial charge is 0.256 e. The number of nitrogens with zero attached hydrogens (tertiary/aromatic N) is 1. The highest BCUT2D eigenvalue weighted by atomic mass is 19.1. The highest BCUT2D eigenvalue weighted by Gasteiger charge is 2.11. The first-order valence-corrected chi connectivity index (χ1v) is 5.30. The van der Waals surface area contributed by atoms with Gasteiger partial charge >= 0.3 is 0 Å². The molecule has 4 nitrogen and oxygen atoms in total. The summed E-state index contributed by atoms with van der Waals surface area (Å²) < 4.78 is 24.1. The minimum Gasteiger partial charge on any atom is -0.497 e. The van der Waals surface area contributed by atoms with Crippen LogP contribution in [0.25, 0.3) is 0 Å². The van der Waals surface area contributed by atoms with Crippen molar-refractivity contribution in [3.05, 3.63) is 47.9 Å². The van der Waals surface area contributed by atoms with Crippen LogP contribution in [0, 0.1) is 5.82 Å². The van der Waals surface area contributed by atoms with Crippen molar-refractivity contribution < 1.29 is 19.0 Å². The van der Waals surface area contributed by atoms with E-state index in [2.05, 4.69) is 4.98 Å². The number of halogens is 1. The predicted molar refractivity (Wildman–Crippen MR) is 63.2 cm³/mol. The van der Waals surface area contributed by atoms with Crippen LogP contribution in [-0.2, 0) is 6.61 Å². The first-order chi connectivity index (χ1) is 8.74. The maximum absolute atomic E-state index is 13.8. The molecule has 0 aliphatic carbocycles. The molecule has 2 rings (SSSR count). The van der Waals surface area contributed by atoms with E-state index in [1.807, 2.05) is 0 Å². The normalized spacial score (nSPS) is 10.2. The van der Waals surface area contributed by atoms with E-state index in [9.17, 15) is 4.39 Å². The Kier molecular flexibility index (Phi) is 3.74. The molecule has 0 saturated heterocycles. The number of ether oxygens (including phenoxy) is 2. The van der Waals surface area contributed by atoms with Gasteiger partial charge in [0, 0.05) is 17.8 Å². The molecule has 0 saturated carbocycles. The summed E-state index contributed by atoms with van der Waals surface area (Å²) in [5, 5.41) is 8.95. The number of aliphatic hydroxyl groups excluding tert-OH is 1. The van der Waals surface area contributed by atoms with E-state index in [0.29, 0.717) is 11.5 Å². The number of hydrogen-bond donors (Lipinski definition) is 1. The molecule has 0 aliphatic heterocycles. The summed E-state index contributed by atoms with van der Waals surface area (Å²) in [5.41, 5.74) is 0.142. The molecule has 2 aromatic rings. The van der Waals surface area contributed by atoms with Gasteiger partial charge in [-0.2, -0.15) is 0 Å². The Morgan fingerprint density at radius 2 is 2.06 bits per heavy atom. The van der Waals surface area contributed by atoms with Gasteiger partial charge in [0.05, 0.1) is 13.7 Å². The maximum atomic E-state index is 13.8. The van der Waals surface area contributed by atoms with Crippen LogP contribution in [0.4, 0.5) is 4.39 Å². The van der Waals surface area contributed by atoms with E-state index in [4.69, 9.17) is 14.6 Å². The number of pyridine rings is 1. The summed E-state index contributed by atoms with van der Waals surface area (Å²) >= 11 is 0. The van der Waals surface area contributed by atoms with Crippen molar-refractivity contribution in [2.45, 2.75) is 6.61 Å². The Morgan fingerprint density at radius 3 is 2.78 bits per heavy atom. The monoisotopic (exact) mass is 249 g/mol. The second kappa shape index (κ2) is 5.46. The zero-order chi connectivity index (χ0) is 13.0. The van der Waals surface area contributed by atoms with Crippen LogP contribution in [0.3, 0.4) is 0 Å². The Labute approximate surface area is 104 Å². The van der Waals surface area contributed by atoms with Crippen LogP contribution < -0.4 is 9.47 Å². The lowest BCUT2D eigenvalue weighted by Crippen LogP contribution is -1.97. The lowest BCUT2D eigenvalue weighted by Gasteiger charge is -2.08. The molecule has 0 bridgehead atoms. The molecule has 0 aliphatic rings. The third-order valence-electron chi connectivity index (χ3n) is 2.36. The fourth-order valence-corrected chi connectivity index (χ4v) is 1.43. The maximum Gasteiger partial charge on any atom is 0.256 e. The molecule has 0 fully saturated rings. The summed E-state index contributed by atoms with van der Waals surface area (Å²) in [4.78, 5) is 3.79. The summed E-state index contributed by atoms with van der Waals surface area (Å²) in [5.74, 6) is 0.180. The van der Waals surface area contributed by atoms with Crippen molar-refractivity contribution in [1.82, 2.24) is 4.98 Å². The highest BCUT2D eigenvalue weighted by molar-refractivity contribution is 5.36. The predicted octanol–water partition coefficient (Wildman–Crippen LogP) is 2.51. The molecule has 1 aromatic carbocycles. The molecule has 0 radical (unpaired) electrons. The van der Waals surface area contributed by atoms with Crippen LogP contribution in [0.2, 0.25) is 0 Å². The molecule has 1 heterocycles. The quantitative estimate of drug-likeness (QED) is 0.904. The molecule has 5 heteroatoms. The number of methoxy groups -OCH3 is 1. The fraction of sp³-hybridized carbons (Fsp3) is 0.154. The average Bonchev–Trinajstić information content (AvgIpc) is 2.41. The zero-order valence-electron chi connectivity index (χ0n) is 9.76. The summed E-state index contributed by atoms with van der Waals surface area (Å²) in [6.07, 6.45) is 1.38. The third kappa shape index (κ3) is 2.57. The van der Waals surface area contributed by atoms with E-state index >= 15 is 0 Å².